The van der Waals surface area contributed by atoms with E-state index in [4.69, 9.17) is 23.2 Å². The third-order valence-electron chi connectivity index (χ3n) is 3.69. The fourth-order valence-electron chi connectivity index (χ4n) is 2.55. The Morgan fingerprint density at radius 3 is 2.65 bits per heavy atom. The van der Waals surface area contributed by atoms with Gasteiger partial charge >= 0.3 is 0 Å². The first-order valence-corrected chi connectivity index (χ1v) is 8.58. The fourth-order valence-corrected chi connectivity index (χ4v) is 5.40. The maximum absolute atomic E-state index is 12.8. The second-order valence-corrected chi connectivity index (χ2v) is 7.65. The third kappa shape index (κ3) is 2.57. The minimum Gasteiger partial charge on any atom is -0.395 e. The van der Waals surface area contributed by atoms with Gasteiger partial charge in [0.1, 0.15) is 4.90 Å². The Labute approximate surface area is 129 Å². The van der Waals surface area contributed by atoms with Crippen molar-refractivity contribution in [2.45, 2.75) is 37.6 Å². The fraction of sp³-hybridized carbons (Fsp3) is 0.538. The molecule has 1 atom stereocenters. The van der Waals surface area contributed by atoms with Crippen LogP contribution in [0.5, 0.6) is 0 Å². The van der Waals surface area contributed by atoms with E-state index in [0.717, 1.165) is 6.42 Å². The molecule has 20 heavy (non-hydrogen) atoms. The van der Waals surface area contributed by atoms with E-state index in [2.05, 4.69) is 0 Å². The number of aliphatic hydroxyl groups excluding tert-OH is 1. The summed E-state index contributed by atoms with van der Waals surface area (Å²) in [6, 6.07) is 1.28. The highest BCUT2D eigenvalue weighted by Gasteiger charge is 2.37. The van der Waals surface area contributed by atoms with E-state index in [1.807, 2.05) is 0 Å². The number of halogens is 2. The van der Waals surface area contributed by atoms with Gasteiger partial charge in [-0.2, -0.15) is 4.31 Å². The zero-order valence-electron chi connectivity index (χ0n) is 11.4. The van der Waals surface area contributed by atoms with Crippen molar-refractivity contribution in [2.75, 3.05) is 13.2 Å². The molecule has 1 saturated heterocycles. The molecule has 0 amide bonds. The standard InChI is InChI=1S/C13H17Cl2NO3S/c1-8-6-11(14)9(2)13(12(8)15)20(18,19)16-5-3-4-10(16)7-17/h6,10,17H,3-5,7H2,1-2H3/t10-/m0/s1. The molecule has 7 heteroatoms. The monoisotopic (exact) mass is 337 g/mol. The van der Waals surface area contributed by atoms with Crippen molar-refractivity contribution in [3.05, 3.63) is 27.2 Å². The molecule has 1 aliphatic rings. The van der Waals surface area contributed by atoms with Crippen LogP contribution in [0.2, 0.25) is 10.0 Å². The average Bonchev–Trinajstić information content (AvgIpc) is 2.85. The molecular formula is C13H17Cl2NO3S. The number of aryl methyl sites for hydroxylation is 1. The maximum Gasteiger partial charge on any atom is 0.245 e. The molecule has 0 saturated carbocycles. The van der Waals surface area contributed by atoms with Crippen LogP contribution in [0.15, 0.2) is 11.0 Å². The minimum atomic E-state index is -3.75. The van der Waals surface area contributed by atoms with Gasteiger partial charge in [0.05, 0.1) is 11.6 Å². The van der Waals surface area contributed by atoms with Crippen LogP contribution in [0.1, 0.15) is 24.0 Å². The van der Waals surface area contributed by atoms with Crippen LogP contribution >= 0.6 is 23.2 Å². The van der Waals surface area contributed by atoms with E-state index in [0.29, 0.717) is 29.1 Å². The Kier molecular flexibility index (Phi) is 4.66. The summed E-state index contributed by atoms with van der Waals surface area (Å²) in [5, 5.41) is 9.91. The summed E-state index contributed by atoms with van der Waals surface area (Å²) in [7, 11) is -3.75. The summed E-state index contributed by atoms with van der Waals surface area (Å²) < 4.78 is 27.0. The normalized spacial score (nSPS) is 20.6. The van der Waals surface area contributed by atoms with Crippen LogP contribution in [0.25, 0.3) is 0 Å². The number of sulfonamides is 1. The summed E-state index contributed by atoms with van der Waals surface area (Å²) in [6.07, 6.45) is 1.40. The molecule has 1 aliphatic heterocycles. The molecule has 2 rings (SSSR count). The lowest BCUT2D eigenvalue weighted by Crippen LogP contribution is -2.38. The first-order valence-electron chi connectivity index (χ1n) is 6.38. The van der Waals surface area contributed by atoms with Crippen molar-refractivity contribution in [2.24, 2.45) is 0 Å². The van der Waals surface area contributed by atoms with Crippen molar-refractivity contribution in [1.82, 2.24) is 4.31 Å². The molecule has 4 nitrogen and oxygen atoms in total. The van der Waals surface area contributed by atoms with Gasteiger partial charge in [0.15, 0.2) is 0 Å². The zero-order valence-corrected chi connectivity index (χ0v) is 13.7. The predicted octanol–water partition coefficient (Wildman–Crippen LogP) is 2.76. The topological polar surface area (TPSA) is 57.6 Å². The first kappa shape index (κ1) is 16.0. The van der Waals surface area contributed by atoms with Crippen LogP contribution in [0, 0.1) is 13.8 Å². The number of hydrogen-bond acceptors (Lipinski definition) is 3. The molecule has 0 bridgehead atoms. The zero-order chi connectivity index (χ0) is 15.1. The van der Waals surface area contributed by atoms with Crippen LogP contribution < -0.4 is 0 Å². The van der Waals surface area contributed by atoms with Gasteiger partial charge in [-0.3, -0.25) is 0 Å². The summed E-state index contributed by atoms with van der Waals surface area (Å²) in [4.78, 5) is 0.0597. The Hall–Kier alpha value is -0.330. The smallest absolute Gasteiger partial charge is 0.245 e. The molecule has 1 N–H and O–H groups in total. The molecule has 1 aromatic rings. The highest BCUT2D eigenvalue weighted by molar-refractivity contribution is 7.89. The van der Waals surface area contributed by atoms with Crippen LogP contribution in [-0.4, -0.2) is 37.0 Å². The minimum absolute atomic E-state index is 0.0597. The van der Waals surface area contributed by atoms with Gasteiger partial charge in [0.2, 0.25) is 10.0 Å². The number of nitrogens with zero attached hydrogens (tertiary/aromatic N) is 1. The van der Waals surface area contributed by atoms with Gasteiger partial charge in [0, 0.05) is 17.6 Å². The van der Waals surface area contributed by atoms with Crippen LogP contribution in [0.4, 0.5) is 0 Å². The molecule has 0 spiro atoms. The summed E-state index contributed by atoms with van der Waals surface area (Å²) in [5.74, 6) is 0. The summed E-state index contributed by atoms with van der Waals surface area (Å²) >= 11 is 12.3. The van der Waals surface area contributed by atoms with Gasteiger partial charge in [-0.05, 0) is 43.9 Å². The van der Waals surface area contributed by atoms with Crippen molar-refractivity contribution >= 4 is 33.2 Å². The highest BCUT2D eigenvalue weighted by Crippen LogP contribution is 2.37. The molecule has 0 aromatic heterocycles. The molecule has 0 aliphatic carbocycles. The lowest BCUT2D eigenvalue weighted by atomic mass is 10.2. The molecule has 1 aromatic carbocycles. The van der Waals surface area contributed by atoms with Crippen LogP contribution in [-0.2, 0) is 10.0 Å². The molecule has 1 fully saturated rings. The second-order valence-electron chi connectivity index (χ2n) is 5.04. The molecule has 0 radical (unpaired) electrons. The van der Waals surface area contributed by atoms with Gasteiger partial charge in [-0.25, -0.2) is 8.42 Å². The van der Waals surface area contributed by atoms with Crippen molar-refractivity contribution in [1.29, 1.82) is 0 Å². The Morgan fingerprint density at radius 1 is 1.40 bits per heavy atom. The summed E-state index contributed by atoms with van der Waals surface area (Å²) in [6.45, 7) is 3.58. The largest absolute Gasteiger partial charge is 0.395 e. The van der Waals surface area contributed by atoms with Crippen LogP contribution in [0.3, 0.4) is 0 Å². The van der Waals surface area contributed by atoms with Crippen molar-refractivity contribution < 1.29 is 13.5 Å². The molecule has 1 heterocycles. The van der Waals surface area contributed by atoms with E-state index < -0.39 is 10.0 Å². The van der Waals surface area contributed by atoms with Gasteiger partial charge < -0.3 is 5.11 Å². The van der Waals surface area contributed by atoms with E-state index in [-0.39, 0.29) is 22.6 Å². The number of rotatable bonds is 3. The lowest BCUT2D eigenvalue weighted by Gasteiger charge is -2.24. The van der Waals surface area contributed by atoms with E-state index in [1.54, 1.807) is 19.9 Å². The Balaban J connectivity index is 2.61. The quantitative estimate of drug-likeness (QED) is 0.922. The Morgan fingerprint density at radius 2 is 2.05 bits per heavy atom. The average molecular weight is 338 g/mol. The molecular weight excluding hydrogens is 321 g/mol. The number of aliphatic hydroxyl groups is 1. The lowest BCUT2D eigenvalue weighted by molar-refractivity contribution is 0.213. The Bertz CT molecular complexity index is 605. The third-order valence-corrected chi connectivity index (χ3v) is 6.80. The van der Waals surface area contributed by atoms with Crippen molar-refractivity contribution in [3.63, 3.8) is 0 Å². The first-order chi connectivity index (χ1) is 9.30. The van der Waals surface area contributed by atoms with E-state index in [1.165, 1.54) is 4.31 Å². The highest BCUT2D eigenvalue weighted by atomic mass is 35.5. The second kappa shape index (κ2) is 5.81. The number of benzene rings is 1. The SMILES string of the molecule is Cc1cc(Cl)c(C)c(S(=O)(=O)N2CCC[C@H]2CO)c1Cl. The summed E-state index contributed by atoms with van der Waals surface area (Å²) in [5.41, 5.74) is 1.08. The van der Waals surface area contributed by atoms with Gasteiger partial charge in [-0.1, -0.05) is 23.2 Å². The molecule has 112 valence electrons. The van der Waals surface area contributed by atoms with Gasteiger partial charge in [-0.15, -0.1) is 0 Å². The molecule has 0 unspecified atom stereocenters. The van der Waals surface area contributed by atoms with Crippen molar-refractivity contribution in [3.8, 4) is 0 Å². The maximum atomic E-state index is 12.8. The van der Waals surface area contributed by atoms with E-state index in [9.17, 15) is 13.5 Å². The van der Waals surface area contributed by atoms with E-state index >= 15 is 0 Å². The predicted molar refractivity (Wildman–Crippen MR) is 79.9 cm³/mol. The number of hydrogen-bond donors (Lipinski definition) is 1. The van der Waals surface area contributed by atoms with Gasteiger partial charge in [0.25, 0.3) is 0 Å².